The highest BCUT2D eigenvalue weighted by atomic mass is 79.9. The van der Waals surface area contributed by atoms with Crippen molar-refractivity contribution in [3.05, 3.63) is 12.0 Å². The number of sulfonamides is 1. The zero-order chi connectivity index (χ0) is 14.0. The molecule has 1 aliphatic carbocycles. The molecule has 1 fully saturated rings. The van der Waals surface area contributed by atoms with Crippen molar-refractivity contribution in [1.82, 2.24) is 13.9 Å². The van der Waals surface area contributed by atoms with Crippen LogP contribution in [0.15, 0.2) is 11.2 Å². The van der Waals surface area contributed by atoms with E-state index in [-0.39, 0.29) is 11.1 Å². The molecular weight excluding hydrogens is 330 g/mol. The fourth-order valence-corrected chi connectivity index (χ4v) is 4.44. The van der Waals surface area contributed by atoms with Gasteiger partial charge >= 0.3 is 0 Å². The molecule has 5 nitrogen and oxygen atoms in total. The highest BCUT2D eigenvalue weighted by Gasteiger charge is 2.38. The second-order valence-electron chi connectivity index (χ2n) is 4.86. The molecule has 0 atom stereocenters. The highest BCUT2D eigenvalue weighted by molar-refractivity contribution is 9.09. The molecule has 19 heavy (non-hydrogen) atoms. The standard InChI is InChI=1S/C12H20BrN3O2S/c1-3-7-15-9-12(14-10(15)2)19(17,18)16(8-6-13)11-4-5-11/h9,11H,3-8H2,1-2H3. The molecule has 108 valence electrons. The molecule has 0 radical (unpaired) electrons. The summed E-state index contributed by atoms with van der Waals surface area (Å²) >= 11 is 3.32. The Morgan fingerprint density at radius 1 is 1.53 bits per heavy atom. The number of alkyl halides is 1. The molecule has 1 heterocycles. The van der Waals surface area contributed by atoms with Crippen LogP contribution in [0.2, 0.25) is 0 Å². The Bertz CT molecular complexity index is 537. The van der Waals surface area contributed by atoms with E-state index in [1.165, 1.54) is 0 Å². The normalized spacial score (nSPS) is 16.2. The minimum Gasteiger partial charge on any atom is -0.334 e. The van der Waals surface area contributed by atoms with Gasteiger partial charge in [0.1, 0.15) is 5.82 Å². The Morgan fingerprint density at radius 2 is 2.21 bits per heavy atom. The van der Waals surface area contributed by atoms with Crippen LogP contribution in [0.3, 0.4) is 0 Å². The van der Waals surface area contributed by atoms with E-state index in [4.69, 9.17) is 0 Å². The average molecular weight is 350 g/mol. The Kier molecular flexibility index (Phi) is 4.68. The van der Waals surface area contributed by atoms with Crippen LogP contribution in [-0.2, 0) is 16.6 Å². The van der Waals surface area contributed by atoms with Gasteiger partial charge in [-0.25, -0.2) is 13.4 Å². The van der Waals surface area contributed by atoms with Gasteiger partial charge in [-0.3, -0.25) is 0 Å². The Hall–Kier alpha value is -0.400. The van der Waals surface area contributed by atoms with Crippen LogP contribution in [0.5, 0.6) is 0 Å². The number of nitrogens with zero attached hydrogens (tertiary/aromatic N) is 3. The largest absolute Gasteiger partial charge is 0.334 e. The van der Waals surface area contributed by atoms with Crippen LogP contribution < -0.4 is 0 Å². The third-order valence-corrected chi connectivity index (χ3v) is 5.43. The third kappa shape index (κ3) is 3.20. The minimum atomic E-state index is -3.45. The maximum Gasteiger partial charge on any atom is 0.262 e. The topological polar surface area (TPSA) is 55.2 Å². The van der Waals surface area contributed by atoms with Crippen LogP contribution in [0, 0.1) is 6.92 Å². The molecule has 0 bridgehead atoms. The fourth-order valence-electron chi connectivity index (χ4n) is 2.14. The van der Waals surface area contributed by atoms with Gasteiger partial charge in [0.2, 0.25) is 0 Å². The van der Waals surface area contributed by atoms with Crippen molar-refractivity contribution in [3.8, 4) is 0 Å². The van der Waals surface area contributed by atoms with Gasteiger partial charge in [0.05, 0.1) is 0 Å². The predicted octanol–water partition coefficient (Wildman–Crippen LogP) is 2.15. The second-order valence-corrected chi connectivity index (χ2v) is 7.49. The Labute approximate surface area is 123 Å². The molecule has 0 aliphatic heterocycles. The first-order valence-electron chi connectivity index (χ1n) is 6.62. The number of imidazole rings is 1. The van der Waals surface area contributed by atoms with E-state index in [9.17, 15) is 8.42 Å². The Morgan fingerprint density at radius 3 is 2.74 bits per heavy atom. The third-order valence-electron chi connectivity index (χ3n) is 3.25. The summed E-state index contributed by atoms with van der Waals surface area (Å²) in [4.78, 5) is 4.23. The number of aromatic nitrogens is 2. The number of hydrogen-bond acceptors (Lipinski definition) is 3. The van der Waals surface area contributed by atoms with Gasteiger partial charge in [-0.1, -0.05) is 22.9 Å². The van der Waals surface area contributed by atoms with Gasteiger partial charge < -0.3 is 4.57 Å². The number of halogens is 1. The molecule has 0 N–H and O–H groups in total. The van der Waals surface area contributed by atoms with Crippen molar-refractivity contribution >= 4 is 26.0 Å². The minimum absolute atomic E-state index is 0.166. The number of aryl methyl sites for hydroxylation is 2. The van der Waals surface area contributed by atoms with Crippen LogP contribution >= 0.6 is 15.9 Å². The second kappa shape index (κ2) is 5.93. The lowest BCUT2D eigenvalue weighted by molar-refractivity contribution is 0.422. The van der Waals surface area contributed by atoms with E-state index in [2.05, 4.69) is 27.8 Å². The molecule has 1 aliphatic rings. The lowest BCUT2D eigenvalue weighted by Crippen LogP contribution is -2.34. The SMILES string of the molecule is CCCn1cc(S(=O)(=O)N(CCBr)C2CC2)nc1C. The number of hydrogen-bond donors (Lipinski definition) is 0. The highest BCUT2D eigenvalue weighted by Crippen LogP contribution is 2.31. The maximum absolute atomic E-state index is 12.6. The smallest absolute Gasteiger partial charge is 0.262 e. The molecule has 2 rings (SSSR count). The van der Waals surface area contributed by atoms with Gasteiger partial charge in [-0.15, -0.1) is 0 Å². The van der Waals surface area contributed by atoms with Crippen molar-refractivity contribution in [2.45, 2.75) is 50.7 Å². The Balaban J connectivity index is 2.29. The fraction of sp³-hybridized carbons (Fsp3) is 0.750. The van der Waals surface area contributed by atoms with Gasteiger partial charge in [0.15, 0.2) is 5.03 Å². The summed E-state index contributed by atoms with van der Waals surface area (Å²) in [5, 5.41) is 0.837. The predicted molar refractivity (Wildman–Crippen MR) is 78.0 cm³/mol. The summed E-state index contributed by atoms with van der Waals surface area (Å²) in [6.45, 7) is 5.22. The lowest BCUT2D eigenvalue weighted by atomic mass is 10.5. The van der Waals surface area contributed by atoms with Gasteiger partial charge in [0, 0.05) is 30.7 Å². The van der Waals surface area contributed by atoms with Crippen molar-refractivity contribution in [2.75, 3.05) is 11.9 Å². The molecule has 0 aromatic carbocycles. The quantitative estimate of drug-likeness (QED) is 0.708. The van der Waals surface area contributed by atoms with Gasteiger partial charge in [-0.05, 0) is 26.2 Å². The van der Waals surface area contributed by atoms with E-state index in [0.29, 0.717) is 11.9 Å². The molecule has 0 saturated heterocycles. The molecule has 1 saturated carbocycles. The maximum atomic E-state index is 12.6. The molecule has 0 unspecified atom stereocenters. The first-order valence-corrected chi connectivity index (χ1v) is 9.18. The molecule has 1 aromatic rings. The van der Waals surface area contributed by atoms with Crippen LogP contribution in [0.1, 0.15) is 32.0 Å². The van der Waals surface area contributed by atoms with E-state index in [1.54, 1.807) is 10.5 Å². The molecule has 1 aromatic heterocycles. The first kappa shape index (κ1) is 15.0. The van der Waals surface area contributed by atoms with Crippen LogP contribution in [-0.4, -0.2) is 40.2 Å². The molecule has 0 amide bonds. The summed E-state index contributed by atoms with van der Waals surface area (Å²) in [6, 6.07) is 0.166. The first-order chi connectivity index (χ1) is 9.00. The van der Waals surface area contributed by atoms with E-state index >= 15 is 0 Å². The van der Waals surface area contributed by atoms with Crippen molar-refractivity contribution in [1.29, 1.82) is 0 Å². The summed E-state index contributed by atoms with van der Waals surface area (Å²) in [5.74, 6) is 0.759. The molecule has 0 spiro atoms. The van der Waals surface area contributed by atoms with Crippen molar-refractivity contribution in [3.63, 3.8) is 0 Å². The summed E-state index contributed by atoms with van der Waals surface area (Å²) in [6.07, 6.45) is 4.55. The van der Waals surface area contributed by atoms with E-state index < -0.39 is 10.0 Å². The van der Waals surface area contributed by atoms with Crippen molar-refractivity contribution < 1.29 is 8.42 Å². The van der Waals surface area contributed by atoms with Gasteiger partial charge in [-0.2, -0.15) is 4.31 Å². The van der Waals surface area contributed by atoms with Gasteiger partial charge in [0.25, 0.3) is 10.0 Å². The molecule has 7 heteroatoms. The summed E-state index contributed by atoms with van der Waals surface area (Å²) < 4.78 is 28.7. The van der Waals surface area contributed by atoms with Crippen molar-refractivity contribution in [2.24, 2.45) is 0 Å². The summed E-state index contributed by atoms with van der Waals surface area (Å²) in [5.41, 5.74) is 0. The van der Waals surface area contributed by atoms with Crippen LogP contribution in [0.4, 0.5) is 0 Å². The zero-order valence-corrected chi connectivity index (χ0v) is 13.7. The monoisotopic (exact) mass is 349 g/mol. The van der Waals surface area contributed by atoms with E-state index in [1.807, 2.05) is 11.5 Å². The summed E-state index contributed by atoms with van der Waals surface area (Å²) in [7, 11) is -3.45. The lowest BCUT2D eigenvalue weighted by Gasteiger charge is -2.19. The average Bonchev–Trinajstić information content (AvgIpc) is 3.12. The molecular formula is C12H20BrN3O2S. The van der Waals surface area contributed by atoms with Crippen LogP contribution in [0.25, 0.3) is 0 Å². The van der Waals surface area contributed by atoms with E-state index in [0.717, 1.165) is 31.6 Å². The number of rotatable bonds is 7. The zero-order valence-electron chi connectivity index (χ0n) is 11.3.